The molecule has 0 spiro atoms. The Bertz CT molecular complexity index is 6880. The number of carbonyl (C=O) groups is 6. The molecule has 7 aliphatic heterocycles. The van der Waals surface area contributed by atoms with E-state index in [4.69, 9.17) is 39.3 Å². The van der Waals surface area contributed by atoms with Gasteiger partial charge in [-0.25, -0.2) is 24.9 Å². The second-order valence-electron chi connectivity index (χ2n) is 40.0. The van der Waals surface area contributed by atoms with E-state index in [1.54, 1.807) is 81.8 Å². The maximum Gasteiger partial charge on any atom is 0.263 e. The molecular weight excluding hydrogens is 1860 g/mol. The quantitative estimate of drug-likeness (QED) is 0.0310. The molecule has 8 fully saturated rings. The lowest BCUT2D eigenvalue weighted by atomic mass is 10.0. The molecule has 0 bridgehead atoms. The van der Waals surface area contributed by atoms with Crippen molar-refractivity contribution < 1.29 is 48.1 Å². The van der Waals surface area contributed by atoms with Crippen molar-refractivity contribution in [1.29, 1.82) is 0 Å². The van der Waals surface area contributed by atoms with Crippen LogP contribution in [0.25, 0.3) is 44.1 Å². The predicted molar refractivity (Wildman–Crippen MR) is 559 cm³/mol. The molecule has 3 atom stereocenters. The number of ketones is 5. The average molecular weight is 1990 g/mol. The van der Waals surface area contributed by atoms with Crippen LogP contribution in [0.15, 0.2) is 117 Å². The highest BCUT2D eigenvalue weighted by molar-refractivity contribution is 6.03. The van der Waals surface area contributed by atoms with Gasteiger partial charge in [0.15, 0.2) is 28.9 Å². The number of hydrogen-bond acceptors (Lipinski definition) is 34. The molecule has 1 amide bonds. The lowest BCUT2D eigenvalue weighted by Crippen LogP contribution is -2.55. The monoisotopic (exact) mass is 1980 g/mol. The summed E-state index contributed by atoms with van der Waals surface area (Å²) >= 11 is 0. The predicted octanol–water partition coefficient (Wildman–Crippen LogP) is 12.5. The molecule has 12 aromatic rings. The van der Waals surface area contributed by atoms with Crippen molar-refractivity contribution in [1.82, 2.24) is 84.0 Å². The van der Waals surface area contributed by atoms with Gasteiger partial charge in [-0.05, 0) is 178 Å². The minimum Gasteiger partial charge on any atom is -0.489 e. The lowest BCUT2D eigenvalue weighted by Gasteiger charge is -2.42. The molecule has 11 aliphatic rings. The second-order valence-corrected chi connectivity index (χ2v) is 40.0. The lowest BCUT2D eigenvalue weighted by molar-refractivity contribution is -0.133. The van der Waals surface area contributed by atoms with E-state index in [2.05, 4.69) is 99.9 Å². The summed E-state index contributed by atoms with van der Waals surface area (Å²) in [4.78, 5) is 179. The van der Waals surface area contributed by atoms with Crippen molar-refractivity contribution in [2.75, 3.05) is 152 Å². The number of anilines is 12. The highest BCUT2D eigenvalue weighted by Crippen LogP contribution is 2.44. The molecule has 4 saturated heterocycles. The Labute approximate surface area is 842 Å². The first-order valence-corrected chi connectivity index (χ1v) is 51.4. The number of nitrogens with one attached hydrogen (secondary N) is 7. The molecule has 3 aromatic carbocycles. The van der Waals surface area contributed by atoms with E-state index in [0.717, 1.165) is 235 Å². The molecule has 9 aromatic heterocycles. The van der Waals surface area contributed by atoms with Crippen LogP contribution in [-0.4, -0.2) is 238 Å². The number of benzene rings is 3. The Morgan fingerprint density at radius 1 is 0.370 bits per heavy atom. The number of Topliss-reactive ketones (excluding diaryl/α,β-unsaturated/α-hetero) is 5. The van der Waals surface area contributed by atoms with Gasteiger partial charge in [0.2, 0.25) is 29.7 Å². The molecule has 8 N–H and O–H groups in total. The smallest absolute Gasteiger partial charge is 0.263 e. The van der Waals surface area contributed by atoms with Crippen LogP contribution in [0.5, 0.6) is 17.2 Å². The largest absolute Gasteiger partial charge is 0.489 e. The Morgan fingerprint density at radius 3 is 0.966 bits per heavy atom. The van der Waals surface area contributed by atoms with Crippen LogP contribution in [-0.2, 0) is 9.59 Å². The van der Waals surface area contributed by atoms with Crippen LogP contribution >= 0.6 is 0 Å². The van der Waals surface area contributed by atoms with Crippen LogP contribution in [0.2, 0.25) is 0 Å². The van der Waals surface area contributed by atoms with E-state index in [9.17, 15) is 47.9 Å². The Hall–Kier alpha value is -14.6. The van der Waals surface area contributed by atoms with E-state index in [0.29, 0.717) is 144 Å². The van der Waals surface area contributed by atoms with E-state index < -0.39 is 6.61 Å². The van der Waals surface area contributed by atoms with Crippen LogP contribution in [0.4, 0.5) is 69.4 Å². The van der Waals surface area contributed by atoms with Crippen molar-refractivity contribution in [3.63, 3.8) is 0 Å². The van der Waals surface area contributed by atoms with Gasteiger partial charge in [-0.1, -0.05) is 51.4 Å². The summed E-state index contributed by atoms with van der Waals surface area (Å²) < 4.78 is 25.1. The number of ether oxygens (including phenoxy) is 3. The zero-order valence-corrected chi connectivity index (χ0v) is 83.8. The van der Waals surface area contributed by atoms with E-state index >= 15 is 0 Å². The van der Waals surface area contributed by atoms with Crippen molar-refractivity contribution in [2.45, 2.75) is 213 Å². The maximum absolute atomic E-state index is 13.4. The number of aromatic nitrogens is 13. The van der Waals surface area contributed by atoms with Crippen molar-refractivity contribution in [3.05, 3.63) is 184 Å². The maximum atomic E-state index is 13.4. The van der Waals surface area contributed by atoms with Gasteiger partial charge in [0.05, 0.1) is 69.3 Å². The Balaban J connectivity index is 0.000000119. The Morgan fingerprint density at radius 2 is 0.678 bits per heavy atom. The topological polar surface area (TPSA) is 455 Å². The number of aliphatic hydroxyl groups excluding tert-OH is 1. The third kappa shape index (κ3) is 19.9. The summed E-state index contributed by atoms with van der Waals surface area (Å²) in [7, 11) is 0. The number of amides is 1. The Kier molecular flexibility index (Phi) is 28.8. The molecular formula is C107H125N25O14. The number of pyridine rings is 5. The van der Waals surface area contributed by atoms with Crippen LogP contribution in [0.3, 0.4) is 0 Å². The van der Waals surface area contributed by atoms with Gasteiger partial charge in [0.25, 0.3) is 22.2 Å². The van der Waals surface area contributed by atoms with Gasteiger partial charge >= 0.3 is 0 Å². The fourth-order valence-electron chi connectivity index (χ4n) is 23.2. The summed E-state index contributed by atoms with van der Waals surface area (Å²) in [5, 5.41) is 35.0. The number of hydrogen-bond donors (Lipinski definition) is 8. The summed E-state index contributed by atoms with van der Waals surface area (Å²) in [6, 6.07) is 23.2. The van der Waals surface area contributed by atoms with Crippen LogP contribution in [0, 0.1) is 27.7 Å². The van der Waals surface area contributed by atoms with Gasteiger partial charge < -0.3 is 81.0 Å². The molecule has 762 valence electrons. The molecule has 23 rings (SSSR count). The first-order chi connectivity index (χ1) is 70.8. The summed E-state index contributed by atoms with van der Waals surface area (Å²) in [5.41, 5.74) is 11.4. The van der Waals surface area contributed by atoms with Crippen LogP contribution < -0.4 is 93.3 Å². The molecule has 4 saturated carbocycles. The highest BCUT2D eigenvalue weighted by Gasteiger charge is 2.38. The van der Waals surface area contributed by atoms with Gasteiger partial charge in [0, 0.05) is 204 Å². The first-order valence-electron chi connectivity index (χ1n) is 51.4. The number of fused-ring (bicyclic) bond motifs is 13. The van der Waals surface area contributed by atoms with Gasteiger partial charge in [0.1, 0.15) is 72.1 Å². The summed E-state index contributed by atoms with van der Waals surface area (Å²) in [6.07, 6.45) is 24.5. The highest BCUT2D eigenvalue weighted by atomic mass is 16.5. The van der Waals surface area contributed by atoms with E-state index in [-0.39, 0.29) is 116 Å². The average Bonchev–Trinajstić information content (AvgIpc) is 1.16. The first kappa shape index (κ1) is 98.8. The molecule has 4 aliphatic carbocycles. The minimum absolute atomic E-state index is 0.00245. The molecule has 16 heterocycles. The number of nitrogens with zero attached hydrogens (tertiary/aromatic N) is 18. The fourth-order valence-corrected chi connectivity index (χ4v) is 23.2. The number of piperazine rings is 4. The second kappa shape index (κ2) is 42.6. The van der Waals surface area contributed by atoms with E-state index in [1.807, 2.05) is 48.5 Å². The van der Waals surface area contributed by atoms with Crippen LogP contribution in [0.1, 0.15) is 231 Å². The third-order valence-corrected chi connectivity index (χ3v) is 30.7. The minimum atomic E-state index is -0.533. The van der Waals surface area contributed by atoms with E-state index in [1.165, 1.54) is 27.7 Å². The molecule has 0 radical (unpaired) electrons. The van der Waals surface area contributed by atoms with Gasteiger partial charge in [-0.3, -0.25) is 66.2 Å². The van der Waals surface area contributed by atoms with Gasteiger partial charge in [-0.2, -0.15) is 19.9 Å². The number of rotatable bonds is 21. The van der Waals surface area contributed by atoms with Gasteiger partial charge in [-0.15, -0.1) is 0 Å². The number of aliphatic hydroxyl groups is 1. The third-order valence-electron chi connectivity index (χ3n) is 30.7. The number of carbonyl (C=O) groups excluding carboxylic acids is 6. The summed E-state index contributed by atoms with van der Waals surface area (Å²) in [5.74, 6) is 3.31. The molecule has 146 heavy (non-hydrogen) atoms. The zero-order valence-electron chi connectivity index (χ0n) is 83.8. The zero-order chi connectivity index (χ0) is 101. The molecule has 39 heteroatoms. The van der Waals surface area contributed by atoms with Crippen molar-refractivity contribution in [3.8, 4) is 17.2 Å². The van der Waals surface area contributed by atoms with Crippen molar-refractivity contribution >= 4 is 148 Å². The van der Waals surface area contributed by atoms with Crippen molar-refractivity contribution in [2.24, 2.45) is 0 Å². The molecule has 1 unspecified atom stereocenters. The standard InChI is InChI=1S/C29H35N7O5.3C26H30N6O3/c1-18-23-16-31-29(33-27(23)36(20-5-3-4-6-20)28(41)26(18)19(2)38)32-24-9-7-21(15-30-24)34-11-13-35(14-12-34)25(40)10-8-22(39)17-37;3*1-15-20-13-28-26(30-24(20)32(18-5-3-4-6-18)25(34)23(15)16(2)33)29-17-7-8-21-22(11-17)35-14-19-12-27-9-10-31(19)21/h7,9,15-16,20,37H,3-6,8,10-14,17H2,1-2H3,(H,30,31,32,33);3*7-8,11,13,18-19,27H,3-6,9-10,12,14H2,1-2H3,(H,28,29,30)/t;2*19-;/m.10./s1. The fraction of sp³-hybridized carbons (Fsp3) is 0.467. The normalized spacial score (nSPS) is 18.7. The number of aryl methyl sites for hydroxylation is 4. The SMILES string of the molecule is CC(=O)c1c(C)c2cnc(Nc3ccc(N4CCN(C(=O)CCC(=O)CO)CC4)cn3)nc2n(C2CCCC2)c1=O.CC(=O)c1c(C)c2cnc(Nc3ccc4c(c3)OCC3CNCCN43)nc2n(C2CCCC2)c1=O.CC(=O)c1c(C)c2cnc(Nc3ccc4c(c3)OC[C@@H]3CNCCN43)nc2n(C2CCCC2)c1=O.CC(=O)c1c(C)c2cnc(Nc3ccc4c(c3)OC[C@H]3CNCCN43)nc2n(C2CCCC2)c1=O. The summed E-state index contributed by atoms with van der Waals surface area (Å²) in [6.45, 7) is 25.3. The molecule has 39 nitrogen and oxygen atoms in total.